The van der Waals surface area contributed by atoms with Gasteiger partial charge in [-0.1, -0.05) is 0 Å². The normalized spacial score (nSPS) is 29.6. The van der Waals surface area contributed by atoms with Gasteiger partial charge in [-0.2, -0.15) is 33.7 Å². The van der Waals surface area contributed by atoms with E-state index in [-0.39, 0.29) is 0 Å². The first kappa shape index (κ1) is 24.8. The van der Waals surface area contributed by atoms with Gasteiger partial charge in [-0.3, -0.25) is 16.7 Å². The van der Waals surface area contributed by atoms with Crippen LogP contribution < -0.4 is 0 Å². The van der Waals surface area contributed by atoms with E-state index in [9.17, 15) is 43.3 Å². The molecule has 0 spiro atoms. The van der Waals surface area contributed by atoms with Gasteiger partial charge in [-0.25, -0.2) is 9.59 Å². The maximum atomic E-state index is 11.8. The minimum atomic E-state index is -4.64. The van der Waals surface area contributed by atoms with Gasteiger partial charge in [0.2, 0.25) is 10.2 Å². The molecule has 2 atom stereocenters. The lowest BCUT2D eigenvalue weighted by atomic mass is 10.4. The van der Waals surface area contributed by atoms with Crippen LogP contribution in [0.25, 0.3) is 0 Å². The van der Waals surface area contributed by atoms with Gasteiger partial charge >= 0.3 is 11.9 Å². The summed E-state index contributed by atoms with van der Waals surface area (Å²) in [5.74, 6) is -2.70. The second-order valence-corrected chi connectivity index (χ2v) is 12.7. The summed E-state index contributed by atoms with van der Waals surface area (Å²) in [6, 6.07) is 0. The van der Waals surface area contributed by atoms with Crippen molar-refractivity contribution in [1.82, 2.24) is 0 Å². The van der Waals surface area contributed by atoms with Crippen molar-refractivity contribution in [3.8, 4) is 0 Å². The maximum absolute atomic E-state index is 11.8. The lowest BCUT2D eigenvalue weighted by molar-refractivity contribution is -0.161. The number of hydrogen-bond donors (Lipinski definition) is 0. The van der Waals surface area contributed by atoms with Crippen molar-refractivity contribution >= 4 is 52.4 Å². The lowest BCUT2D eigenvalue weighted by Gasteiger charge is -2.14. The van der Waals surface area contributed by atoms with E-state index in [2.05, 4.69) is 26.2 Å². The fraction of sp³-hybridized carbons (Fsp3) is 0.800. The number of carbonyl (C=O) groups is 2. The molecule has 30 heavy (non-hydrogen) atoms. The molecule has 0 aliphatic carbocycles. The molecular formula is C10H14O16S4. The summed E-state index contributed by atoms with van der Waals surface area (Å²) in [5, 5.41) is -2.99. The van der Waals surface area contributed by atoms with E-state index in [1.165, 1.54) is 0 Å². The smallest absolute Gasteiger partial charge is 0.339 e. The average molecular weight is 518 g/mol. The Morgan fingerprint density at radius 2 is 0.967 bits per heavy atom. The molecule has 0 aromatic heterocycles. The zero-order chi connectivity index (χ0) is 22.8. The Morgan fingerprint density at radius 3 is 1.30 bits per heavy atom. The Hall–Kier alpha value is -1.42. The van der Waals surface area contributed by atoms with Crippen LogP contribution >= 0.6 is 0 Å². The Balaban J connectivity index is 1.84. The number of carbonyl (C=O) groups excluding carboxylic acids is 2. The van der Waals surface area contributed by atoms with Crippen LogP contribution in [0.1, 0.15) is 0 Å². The van der Waals surface area contributed by atoms with E-state index in [0.29, 0.717) is 0 Å². The zero-order valence-electron chi connectivity index (χ0n) is 14.6. The summed E-state index contributed by atoms with van der Waals surface area (Å²) in [5.41, 5.74) is 0. The highest BCUT2D eigenvalue weighted by Crippen LogP contribution is 2.15. The van der Waals surface area contributed by atoms with Crippen LogP contribution in [0.4, 0.5) is 0 Å². The molecule has 2 rings (SSSR count). The van der Waals surface area contributed by atoms with Crippen LogP contribution in [-0.4, -0.2) is 94.4 Å². The first-order chi connectivity index (χ1) is 13.6. The molecule has 2 saturated heterocycles. The highest BCUT2D eigenvalue weighted by molar-refractivity contribution is 8.04. The third-order valence-corrected chi connectivity index (χ3v) is 9.66. The van der Waals surface area contributed by atoms with Gasteiger partial charge in [0.05, 0.1) is 0 Å². The summed E-state index contributed by atoms with van der Waals surface area (Å²) in [6.45, 7) is -3.31. The van der Waals surface area contributed by atoms with Crippen LogP contribution in [-0.2, 0) is 76.3 Å². The third-order valence-electron chi connectivity index (χ3n) is 3.00. The fourth-order valence-corrected chi connectivity index (χ4v) is 7.36. The van der Waals surface area contributed by atoms with Gasteiger partial charge in [0.25, 0.3) is 40.5 Å². The van der Waals surface area contributed by atoms with Crippen molar-refractivity contribution in [3.05, 3.63) is 0 Å². The summed E-state index contributed by atoms with van der Waals surface area (Å²) in [7, 11) is -18.2. The lowest BCUT2D eigenvalue weighted by Crippen LogP contribution is -2.34. The molecule has 2 aliphatic rings. The Labute approximate surface area is 170 Å². The topological polar surface area (TPSA) is 226 Å². The third kappa shape index (κ3) is 7.68. The molecule has 2 heterocycles. The predicted octanol–water partition coefficient (Wildman–Crippen LogP) is -3.86. The van der Waals surface area contributed by atoms with Crippen LogP contribution in [0.15, 0.2) is 0 Å². The highest BCUT2D eigenvalue weighted by Gasteiger charge is 2.38. The number of rotatable bonds is 5. The molecule has 16 nitrogen and oxygen atoms in total. The molecule has 174 valence electrons. The summed E-state index contributed by atoms with van der Waals surface area (Å²) in [4.78, 5) is 23.6. The molecule has 0 radical (unpaired) electrons. The molecule has 2 fully saturated rings. The molecule has 0 aromatic carbocycles. The molecule has 0 aromatic rings. The van der Waals surface area contributed by atoms with Crippen molar-refractivity contribution in [2.75, 3.05) is 36.6 Å². The van der Waals surface area contributed by atoms with E-state index in [1.54, 1.807) is 0 Å². The Morgan fingerprint density at radius 1 is 0.633 bits per heavy atom. The van der Waals surface area contributed by atoms with Crippen molar-refractivity contribution < 1.29 is 69.5 Å². The van der Waals surface area contributed by atoms with E-state index >= 15 is 0 Å². The van der Waals surface area contributed by atoms with Crippen LogP contribution in [0.2, 0.25) is 0 Å². The number of hydrogen-bond acceptors (Lipinski definition) is 16. The molecule has 20 heteroatoms. The van der Waals surface area contributed by atoms with Gasteiger partial charge in [0.15, 0.2) is 12.2 Å². The van der Waals surface area contributed by atoms with Gasteiger partial charge in [-0.05, 0) is 0 Å². The Bertz CT molecular complexity index is 1010. The van der Waals surface area contributed by atoms with Crippen molar-refractivity contribution in [1.29, 1.82) is 0 Å². The minimum absolute atomic E-state index is 0.685. The quantitative estimate of drug-likeness (QED) is 0.193. The number of esters is 2. The summed E-state index contributed by atoms with van der Waals surface area (Å²) < 4.78 is 117. The molecule has 0 amide bonds. The van der Waals surface area contributed by atoms with Gasteiger partial charge in [0.1, 0.15) is 26.4 Å². The second kappa shape index (κ2) is 8.98. The standard InChI is InChI=1S/C10H14O16S4/c11-9(7-3-23-27(13,14)5-29(17,18)25-7)21-1-2-22-10(12)8-4-24-28(15,16)6-30(19,20)26-8/h7-8H,1-6H2. The molecular weight excluding hydrogens is 504 g/mol. The van der Waals surface area contributed by atoms with Gasteiger partial charge in [0, 0.05) is 0 Å². The zero-order valence-corrected chi connectivity index (χ0v) is 17.8. The monoisotopic (exact) mass is 518 g/mol. The number of ether oxygens (including phenoxy) is 2. The fourth-order valence-electron chi connectivity index (χ4n) is 1.90. The largest absolute Gasteiger partial charge is 0.460 e. The highest BCUT2D eigenvalue weighted by atomic mass is 32.3. The molecule has 0 bridgehead atoms. The van der Waals surface area contributed by atoms with Crippen molar-refractivity contribution in [3.63, 3.8) is 0 Å². The SMILES string of the molecule is O=C(OCCOC(=O)C1COS(=O)(=O)CS(=O)(=O)O1)C1COS(=O)(=O)CS(=O)(=O)O1. The van der Waals surface area contributed by atoms with Crippen LogP contribution in [0.5, 0.6) is 0 Å². The van der Waals surface area contributed by atoms with Gasteiger partial charge < -0.3 is 9.47 Å². The molecule has 0 N–H and O–H groups in total. The first-order valence-electron chi connectivity index (χ1n) is 7.49. The summed E-state index contributed by atoms with van der Waals surface area (Å²) >= 11 is 0. The minimum Gasteiger partial charge on any atom is -0.460 e. The van der Waals surface area contributed by atoms with Gasteiger partial charge in [-0.15, -0.1) is 0 Å². The average Bonchev–Trinajstić information content (AvgIpc) is 2.75. The molecule has 0 saturated carbocycles. The van der Waals surface area contributed by atoms with Crippen molar-refractivity contribution in [2.45, 2.75) is 12.2 Å². The van der Waals surface area contributed by atoms with E-state index in [1.807, 2.05) is 0 Å². The van der Waals surface area contributed by atoms with E-state index < -0.39 is 101 Å². The van der Waals surface area contributed by atoms with E-state index in [0.717, 1.165) is 0 Å². The molecule has 2 aliphatic heterocycles. The maximum Gasteiger partial charge on any atom is 0.339 e. The van der Waals surface area contributed by atoms with Crippen LogP contribution in [0.3, 0.4) is 0 Å². The van der Waals surface area contributed by atoms with Crippen LogP contribution in [0, 0.1) is 0 Å². The summed E-state index contributed by atoms with van der Waals surface area (Å²) in [6.07, 6.45) is -3.87. The van der Waals surface area contributed by atoms with E-state index in [4.69, 9.17) is 0 Å². The second-order valence-electron chi connectivity index (χ2n) is 5.54. The molecule has 2 unspecified atom stereocenters. The first-order valence-corrected chi connectivity index (χ1v) is 13.8. The van der Waals surface area contributed by atoms with Crippen molar-refractivity contribution in [2.24, 2.45) is 0 Å². The predicted molar refractivity (Wildman–Crippen MR) is 89.0 cm³/mol. The Kier molecular flexibility index (Phi) is 7.44.